The van der Waals surface area contributed by atoms with Crippen molar-refractivity contribution in [2.75, 3.05) is 6.54 Å². The highest BCUT2D eigenvalue weighted by Crippen LogP contribution is 2.30. The van der Waals surface area contributed by atoms with Crippen LogP contribution < -0.4 is 5.32 Å². The maximum atomic E-state index is 3.71. The first-order valence-corrected chi connectivity index (χ1v) is 7.91. The molecule has 0 fully saturated rings. The van der Waals surface area contributed by atoms with Gasteiger partial charge in [-0.2, -0.15) is 0 Å². The second-order valence-electron chi connectivity index (χ2n) is 5.21. The van der Waals surface area contributed by atoms with Crippen LogP contribution >= 0.6 is 15.9 Å². The van der Waals surface area contributed by atoms with E-state index in [1.165, 1.54) is 33.9 Å². The summed E-state index contributed by atoms with van der Waals surface area (Å²) in [6.07, 6.45) is 2.49. The number of nitrogens with one attached hydrogen (secondary N) is 1. The van der Waals surface area contributed by atoms with Gasteiger partial charge in [0.1, 0.15) is 0 Å². The standard InChI is InChI=1S/C16H23BrN2/c1-4-7-12(2)18-10-11-19-13(3)16(17)14-8-5-6-9-15(14)19/h5-6,8-9,12,18H,4,7,10-11H2,1-3H3. The van der Waals surface area contributed by atoms with Crippen LogP contribution in [0.5, 0.6) is 0 Å². The minimum atomic E-state index is 0.607. The first-order valence-electron chi connectivity index (χ1n) is 7.11. The number of nitrogens with zero attached hydrogens (tertiary/aromatic N) is 1. The van der Waals surface area contributed by atoms with Gasteiger partial charge in [0.25, 0.3) is 0 Å². The molecule has 0 aliphatic carbocycles. The second-order valence-corrected chi connectivity index (χ2v) is 6.01. The molecule has 1 N–H and O–H groups in total. The number of halogens is 1. The zero-order valence-electron chi connectivity index (χ0n) is 12.0. The van der Waals surface area contributed by atoms with Crippen LogP contribution in [0.2, 0.25) is 0 Å². The SMILES string of the molecule is CCCC(C)NCCn1c(C)c(Br)c2ccccc21. The second kappa shape index (κ2) is 6.58. The molecule has 0 spiro atoms. The van der Waals surface area contributed by atoms with Crippen molar-refractivity contribution in [1.82, 2.24) is 9.88 Å². The van der Waals surface area contributed by atoms with Gasteiger partial charge in [-0.1, -0.05) is 31.5 Å². The molecule has 3 heteroatoms. The molecule has 1 heterocycles. The van der Waals surface area contributed by atoms with Crippen molar-refractivity contribution < 1.29 is 0 Å². The van der Waals surface area contributed by atoms with Crippen molar-refractivity contribution in [3.05, 3.63) is 34.4 Å². The number of hydrogen-bond donors (Lipinski definition) is 1. The maximum Gasteiger partial charge on any atom is 0.0494 e. The molecule has 0 aliphatic heterocycles. The molecule has 104 valence electrons. The van der Waals surface area contributed by atoms with Crippen LogP contribution in [0.3, 0.4) is 0 Å². The lowest BCUT2D eigenvalue weighted by molar-refractivity contribution is 0.487. The Morgan fingerprint density at radius 1 is 1.32 bits per heavy atom. The fraction of sp³-hybridized carbons (Fsp3) is 0.500. The molecule has 1 unspecified atom stereocenters. The fourth-order valence-corrected chi connectivity index (χ4v) is 3.18. The lowest BCUT2D eigenvalue weighted by Gasteiger charge is -2.14. The lowest BCUT2D eigenvalue weighted by atomic mass is 10.2. The number of para-hydroxylation sites is 1. The first-order chi connectivity index (χ1) is 9.15. The smallest absolute Gasteiger partial charge is 0.0494 e. The van der Waals surface area contributed by atoms with Crippen LogP contribution in [-0.4, -0.2) is 17.2 Å². The Hall–Kier alpha value is -0.800. The predicted octanol–water partition coefficient (Wildman–Crippen LogP) is 4.49. The predicted molar refractivity (Wildman–Crippen MR) is 86.7 cm³/mol. The Balaban J connectivity index is 2.10. The molecule has 19 heavy (non-hydrogen) atoms. The summed E-state index contributed by atoms with van der Waals surface area (Å²) >= 11 is 3.71. The van der Waals surface area contributed by atoms with E-state index in [2.05, 4.69) is 70.9 Å². The van der Waals surface area contributed by atoms with E-state index in [1.54, 1.807) is 0 Å². The van der Waals surface area contributed by atoms with Crippen LogP contribution in [0.25, 0.3) is 10.9 Å². The highest BCUT2D eigenvalue weighted by Gasteiger charge is 2.11. The van der Waals surface area contributed by atoms with Gasteiger partial charge in [-0.3, -0.25) is 0 Å². The normalized spacial score (nSPS) is 13.1. The topological polar surface area (TPSA) is 17.0 Å². The quantitative estimate of drug-likeness (QED) is 0.829. The van der Waals surface area contributed by atoms with Gasteiger partial charge in [-0.05, 0) is 42.3 Å². The van der Waals surface area contributed by atoms with Crippen LogP contribution in [0, 0.1) is 6.92 Å². The zero-order valence-corrected chi connectivity index (χ0v) is 13.6. The van der Waals surface area contributed by atoms with Gasteiger partial charge < -0.3 is 9.88 Å². The van der Waals surface area contributed by atoms with Gasteiger partial charge >= 0.3 is 0 Å². The summed E-state index contributed by atoms with van der Waals surface area (Å²) < 4.78 is 3.62. The Kier molecular flexibility index (Phi) is 5.06. The van der Waals surface area contributed by atoms with E-state index < -0.39 is 0 Å². The van der Waals surface area contributed by atoms with Crippen molar-refractivity contribution in [2.45, 2.75) is 46.2 Å². The van der Waals surface area contributed by atoms with E-state index in [4.69, 9.17) is 0 Å². The molecule has 0 saturated carbocycles. The molecule has 1 atom stereocenters. The third kappa shape index (κ3) is 3.21. The average Bonchev–Trinajstić information content (AvgIpc) is 2.65. The van der Waals surface area contributed by atoms with E-state index in [-0.39, 0.29) is 0 Å². The molecular weight excluding hydrogens is 300 g/mol. The zero-order chi connectivity index (χ0) is 13.8. The molecule has 2 nitrogen and oxygen atoms in total. The van der Waals surface area contributed by atoms with Gasteiger partial charge in [-0.25, -0.2) is 0 Å². The monoisotopic (exact) mass is 322 g/mol. The summed E-state index contributed by atoms with van der Waals surface area (Å²) in [6, 6.07) is 9.19. The number of benzene rings is 1. The van der Waals surface area contributed by atoms with Gasteiger partial charge in [0.05, 0.1) is 0 Å². The molecule has 0 radical (unpaired) electrons. The molecule has 2 aromatic rings. The highest BCUT2D eigenvalue weighted by molar-refractivity contribution is 9.10. The van der Waals surface area contributed by atoms with Crippen molar-refractivity contribution in [1.29, 1.82) is 0 Å². The molecule has 2 rings (SSSR count). The van der Waals surface area contributed by atoms with Gasteiger partial charge in [0.15, 0.2) is 0 Å². The van der Waals surface area contributed by atoms with Gasteiger partial charge in [0.2, 0.25) is 0 Å². The summed E-state index contributed by atoms with van der Waals surface area (Å²) in [5.74, 6) is 0. The van der Waals surface area contributed by atoms with Crippen LogP contribution in [0.1, 0.15) is 32.4 Å². The van der Waals surface area contributed by atoms with Crippen LogP contribution in [0.4, 0.5) is 0 Å². The lowest BCUT2D eigenvalue weighted by Crippen LogP contribution is -2.29. The minimum absolute atomic E-state index is 0.607. The number of aromatic nitrogens is 1. The Morgan fingerprint density at radius 3 is 2.79 bits per heavy atom. The van der Waals surface area contributed by atoms with Crippen molar-refractivity contribution in [3.8, 4) is 0 Å². The maximum absolute atomic E-state index is 3.71. The van der Waals surface area contributed by atoms with E-state index in [0.29, 0.717) is 6.04 Å². The van der Waals surface area contributed by atoms with Gasteiger partial charge in [0, 0.05) is 40.2 Å². The van der Waals surface area contributed by atoms with E-state index in [9.17, 15) is 0 Å². The van der Waals surface area contributed by atoms with Crippen molar-refractivity contribution in [2.24, 2.45) is 0 Å². The molecule has 0 bridgehead atoms. The summed E-state index contributed by atoms with van der Waals surface area (Å²) in [7, 11) is 0. The Morgan fingerprint density at radius 2 is 2.05 bits per heavy atom. The average molecular weight is 323 g/mol. The molecule has 1 aromatic heterocycles. The third-order valence-electron chi connectivity index (χ3n) is 3.70. The first kappa shape index (κ1) is 14.6. The molecular formula is C16H23BrN2. The van der Waals surface area contributed by atoms with Gasteiger partial charge in [-0.15, -0.1) is 0 Å². The summed E-state index contributed by atoms with van der Waals surface area (Å²) in [5, 5.41) is 4.90. The van der Waals surface area contributed by atoms with Crippen LogP contribution in [0.15, 0.2) is 28.7 Å². The van der Waals surface area contributed by atoms with Crippen LogP contribution in [-0.2, 0) is 6.54 Å². The molecule has 1 aromatic carbocycles. The highest BCUT2D eigenvalue weighted by atomic mass is 79.9. The number of hydrogen-bond acceptors (Lipinski definition) is 1. The minimum Gasteiger partial charge on any atom is -0.342 e. The summed E-state index contributed by atoms with van der Waals surface area (Å²) in [4.78, 5) is 0. The fourth-order valence-electron chi connectivity index (χ4n) is 2.63. The van der Waals surface area contributed by atoms with Crippen molar-refractivity contribution >= 4 is 26.8 Å². The van der Waals surface area contributed by atoms with E-state index >= 15 is 0 Å². The largest absolute Gasteiger partial charge is 0.342 e. The summed E-state index contributed by atoms with van der Waals surface area (Å²) in [6.45, 7) is 8.72. The number of fused-ring (bicyclic) bond motifs is 1. The molecule has 0 amide bonds. The third-order valence-corrected chi connectivity index (χ3v) is 4.70. The number of rotatable bonds is 6. The Bertz CT molecular complexity index is 545. The van der Waals surface area contributed by atoms with E-state index in [0.717, 1.165) is 13.1 Å². The Labute approximate surface area is 124 Å². The molecule has 0 saturated heterocycles. The van der Waals surface area contributed by atoms with Crippen molar-refractivity contribution in [3.63, 3.8) is 0 Å². The molecule has 0 aliphatic rings. The summed E-state index contributed by atoms with van der Waals surface area (Å²) in [5.41, 5.74) is 2.63. The van der Waals surface area contributed by atoms with E-state index in [1.807, 2.05) is 0 Å².